The van der Waals surface area contributed by atoms with Gasteiger partial charge in [0.1, 0.15) is 18.1 Å². The van der Waals surface area contributed by atoms with Gasteiger partial charge in [-0.25, -0.2) is 4.79 Å². The third-order valence-electron chi connectivity index (χ3n) is 5.74. The molecule has 0 fully saturated rings. The Morgan fingerprint density at radius 1 is 0.838 bits per heavy atom. The van der Waals surface area contributed by atoms with Crippen LogP contribution in [0.5, 0.6) is 0 Å². The summed E-state index contributed by atoms with van der Waals surface area (Å²) in [4.78, 5) is 65.1. The molecule has 0 rings (SSSR count). The molecule has 11 N–H and O–H groups in total. The summed E-state index contributed by atoms with van der Waals surface area (Å²) in [5.41, 5.74) is 16.5. The lowest BCUT2D eigenvalue weighted by molar-refractivity contribution is -0.143. The van der Waals surface area contributed by atoms with Crippen molar-refractivity contribution in [2.24, 2.45) is 34.0 Å². The van der Waals surface area contributed by atoms with Crippen LogP contribution in [0, 0.1) is 11.8 Å². The van der Waals surface area contributed by atoms with Crippen LogP contribution in [0.25, 0.3) is 0 Å². The van der Waals surface area contributed by atoms with E-state index in [-0.39, 0.29) is 50.0 Å². The number of guanidine groups is 1. The molecule has 0 aromatic carbocycles. The van der Waals surface area contributed by atoms with Crippen LogP contribution in [0.3, 0.4) is 0 Å². The van der Waals surface area contributed by atoms with Gasteiger partial charge in [-0.3, -0.25) is 24.2 Å². The largest absolute Gasteiger partial charge is 0.481 e. The minimum absolute atomic E-state index is 0.00299. The van der Waals surface area contributed by atoms with Crippen LogP contribution in [0.2, 0.25) is 0 Å². The van der Waals surface area contributed by atoms with Crippen LogP contribution in [0.1, 0.15) is 66.2 Å². The van der Waals surface area contributed by atoms with Crippen molar-refractivity contribution in [2.45, 2.75) is 90.4 Å². The molecule has 0 radical (unpaired) electrons. The van der Waals surface area contributed by atoms with Crippen LogP contribution in [0.4, 0.5) is 0 Å². The summed E-state index contributed by atoms with van der Waals surface area (Å²) < 4.78 is 0. The minimum atomic E-state index is -1.35. The number of nitrogens with two attached hydrogens (primary N) is 3. The first-order valence-corrected chi connectivity index (χ1v) is 12.4. The second-order valence-electron chi connectivity index (χ2n) is 9.44. The molecule has 14 heteroatoms. The molecule has 0 bridgehead atoms. The van der Waals surface area contributed by atoms with E-state index in [1.165, 1.54) is 0 Å². The minimum Gasteiger partial charge on any atom is -0.481 e. The zero-order chi connectivity index (χ0) is 28.7. The summed E-state index contributed by atoms with van der Waals surface area (Å²) in [5.74, 6) is -4.90. The standard InChI is InChI=1S/C23H43N7O7/c1-5-13(4)18(24)21(35)30-16(11-12(2)3)20(34)28-14(8-9-17(31)32)19(33)29-15(22(36)37)7-6-10-27-23(25)26/h12-16,18H,5-11,24H2,1-4H3,(H,28,34)(H,29,33)(H,30,35)(H,31,32)(H,36,37)(H4,25,26,27). The number of carbonyl (C=O) groups is 5. The van der Waals surface area contributed by atoms with E-state index in [9.17, 15) is 29.1 Å². The van der Waals surface area contributed by atoms with Crippen LogP contribution in [-0.2, 0) is 24.0 Å². The summed E-state index contributed by atoms with van der Waals surface area (Å²) >= 11 is 0. The number of aliphatic carboxylic acids is 2. The molecule has 5 unspecified atom stereocenters. The van der Waals surface area contributed by atoms with E-state index < -0.39 is 60.2 Å². The van der Waals surface area contributed by atoms with Gasteiger partial charge >= 0.3 is 11.9 Å². The smallest absolute Gasteiger partial charge is 0.326 e. The van der Waals surface area contributed by atoms with Gasteiger partial charge in [0.2, 0.25) is 17.7 Å². The fourth-order valence-electron chi connectivity index (χ4n) is 3.33. The molecule has 0 aliphatic rings. The summed E-state index contributed by atoms with van der Waals surface area (Å²) in [6.45, 7) is 7.53. The zero-order valence-corrected chi connectivity index (χ0v) is 22.0. The number of hydrogen-bond donors (Lipinski definition) is 8. The van der Waals surface area contributed by atoms with E-state index in [4.69, 9.17) is 22.3 Å². The predicted molar refractivity (Wildman–Crippen MR) is 137 cm³/mol. The van der Waals surface area contributed by atoms with Gasteiger partial charge in [-0.2, -0.15) is 0 Å². The Morgan fingerprint density at radius 2 is 1.38 bits per heavy atom. The maximum absolute atomic E-state index is 13.1. The molecule has 14 nitrogen and oxygen atoms in total. The lowest BCUT2D eigenvalue weighted by atomic mass is 9.97. The molecule has 0 saturated carbocycles. The Morgan fingerprint density at radius 3 is 1.86 bits per heavy atom. The molecule has 0 aliphatic carbocycles. The van der Waals surface area contributed by atoms with Crippen LogP contribution < -0.4 is 33.2 Å². The van der Waals surface area contributed by atoms with Gasteiger partial charge < -0.3 is 43.4 Å². The third-order valence-corrected chi connectivity index (χ3v) is 5.74. The van der Waals surface area contributed by atoms with E-state index in [1.54, 1.807) is 0 Å². The van der Waals surface area contributed by atoms with Gasteiger partial charge in [-0.1, -0.05) is 34.1 Å². The number of amides is 3. The highest BCUT2D eigenvalue weighted by Crippen LogP contribution is 2.10. The first-order valence-electron chi connectivity index (χ1n) is 12.4. The highest BCUT2D eigenvalue weighted by Gasteiger charge is 2.31. The second-order valence-corrected chi connectivity index (χ2v) is 9.44. The van der Waals surface area contributed by atoms with Gasteiger partial charge in [0.05, 0.1) is 6.04 Å². The number of carboxylic acids is 2. The van der Waals surface area contributed by atoms with Crippen molar-refractivity contribution < 1.29 is 34.2 Å². The van der Waals surface area contributed by atoms with Crippen molar-refractivity contribution in [3.63, 3.8) is 0 Å². The maximum atomic E-state index is 13.1. The monoisotopic (exact) mass is 529 g/mol. The molecule has 0 saturated heterocycles. The number of nitrogens with one attached hydrogen (secondary N) is 3. The van der Waals surface area contributed by atoms with E-state index in [2.05, 4.69) is 20.9 Å². The fourth-order valence-corrected chi connectivity index (χ4v) is 3.33. The molecule has 0 heterocycles. The van der Waals surface area contributed by atoms with E-state index >= 15 is 0 Å². The SMILES string of the molecule is CCC(C)C(N)C(=O)NC(CC(C)C)C(=O)NC(CCC(=O)O)C(=O)NC(CCCN=C(N)N)C(=O)O. The number of aliphatic imine (C=N–C) groups is 1. The summed E-state index contributed by atoms with van der Waals surface area (Å²) in [5, 5.41) is 26.0. The number of hydrogen-bond acceptors (Lipinski definition) is 7. The average Bonchev–Trinajstić information content (AvgIpc) is 2.80. The van der Waals surface area contributed by atoms with E-state index in [0.29, 0.717) is 6.42 Å². The number of nitrogens with zero attached hydrogens (tertiary/aromatic N) is 1. The lowest BCUT2D eigenvalue weighted by Gasteiger charge is -2.26. The van der Waals surface area contributed by atoms with Crippen molar-refractivity contribution in [3.8, 4) is 0 Å². The van der Waals surface area contributed by atoms with Crippen LogP contribution in [-0.4, -0.2) is 76.5 Å². The lowest BCUT2D eigenvalue weighted by Crippen LogP contribution is -2.57. The van der Waals surface area contributed by atoms with Crippen LogP contribution >= 0.6 is 0 Å². The Labute approximate surface area is 217 Å². The van der Waals surface area contributed by atoms with E-state index in [0.717, 1.165) is 0 Å². The molecular weight excluding hydrogens is 486 g/mol. The molecule has 212 valence electrons. The highest BCUT2D eigenvalue weighted by atomic mass is 16.4. The van der Waals surface area contributed by atoms with E-state index in [1.807, 2.05) is 27.7 Å². The first-order chi connectivity index (χ1) is 17.2. The number of carboxylic acid groups (broad SMARTS) is 2. The quantitative estimate of drug-likeness (QED) is 0.0601. The highest BCUT2D eigenvalue weighted by molar-refractivity contribution is 5.94. The molecule has 5 atom stereocenters. The first kappa shape index (κ1) is 33.6. The van der Waals surface area contributed by atoms with Gasteiger partial charge in [0.15, 0.2) is 5.96 Å². The zero-order valence-electron chi connectivity index (χ0n) is 22.0. The summed E-state index contributed by atoms with van der Waals surface area (Å²) in [6.07, 6.45) is 0.393. The summed E-state index contributed by atoms with van der Waals surface area (Å²) in [7, 11) is 0. The predicted octanol–water partition coefficient (Wildman–Crippen LogP) is -1.14. The van der Waals surface area contributed by atoms with Crippen LogP contribution in [0.15, 0.2) is 4.99 Å². The molecule has 0 aromatic rings. The maximum Gasteiger partial charge on any atom is 0.326 e. The van der Waals surface area contributed by atoms with Crippen molar-refractivity contribution in [2.75, 3.05) is 6.54 Å². The molecule has 3 amide bonds. The van der Waals surface area contributed by atoms with Crippen molar-refractivity contribution in [1.29, 1.82) is 0 Å². The Hall–Kier alpha value is -3.42. The average molecular weight is 530 g/mol. The van der Waals surface area contributed by atoms with Gasteiger partial charge in [0.25, 0.3) is 0 Å². The molecule has 0 aromatic heterocycles. The van der Waals surface area contributed by atoms with Crippen molar-refractivity contribution in [1.82, 2.24) is 16.0 Å². The second kappa shape index (κ2) is 17.1. The Bertz CT molecular complexity index is 815. The summed E-state index contributed by atoms with van der Waals surface area (Å²) in [6, 6.07) is -4.53. The Balaban J connectivity index is 5.58. The molecule has 0 spiro atoms. The van der Waals surface area contributed by atoms with Gasteiger partial charge in [-0.05, 0) is 37.5 Å². The fraction of sp³-hybridized carbons (Fsp3) is 0.739. The van der Waals surface area contributed by atoms with Gasteiger partial charge in [-0.15, -0.1) is 0 Å². The van der Waals surface area contributed by atoms with Crippen molar-refractivity contribution in [3.05, 3.63) is 0 Å². The van der Waals surface area contributed by atoms with Gasteiger partial charge in [0, 0.05) is 13.0 Å². The normalized spacial score (nSPS) is 15.0. The van der Waals surface area contributed by atoms with Crippen molar-refractivity contribution >= 4 is 35.6 Å². The Kier molecular flexibility index (Phi) is 15.5. The number of rotatable bonds is 18. The molecule has 37 heavy (non-hydrogen) atoms. The molecule has 0 aliphatic heterocycles. The third kappa shape index (κ3) is 14.0. The number of carbonyl (C=O) groups excluding carboxylic acids is 3. The molecular formula is C23H43N7O7. The topological polar surface area (TPSA) is 252 Å².